The lowest BCUT2D eigenvalue weighted by atomic mass is 10.3. The second-order valence-corrected chi connectivity index (χ2v) is 5.94. The zero-order chi connectivity index (χ0) is 14.5. The highest BCUT2D eigenvalue weighted by Gasteiger charge is 2.13. The zero-order valence-corrected chi connectivity index (χ0v) is 13.5. The number of hydrogen-bond donors (Lipinski definition) is 1. The van der Waals surface area contributed by atoms with Crippen LogP contribution in [0.3, 0.4) is 0 Å². The number of hydrogen-bond acceptors (Lipinski definition) is 5. The molecule has 0 radical (unpaired) electrons. The molecule has 2 aromatic heterocycles. The van der Waals surface area contributed by atoms with Gasteiger partial charge < -0.3 is 10.2 Å². The van der Waals surface area contributed by atoms with E-state index in [1.54, 1.807) is 11.3 Å². The standard InChI is InChI=1S/C14H23N5S/c1-5-12-13(8-15-6-2)20-14(17-12)18(3)9-11-7-16-19(4)10-11/h7,10,15H,5-6,8-9H2,1-4H3. The summed E-state index contributed by atoms with van der Waals surface area (Å²) in [6, 6.07) is 0. The minimum atomic E-state index is 0.838. The molecular formula is C14H23N5S. The molecular weight excluding hydrogens is 270 g/mol. The van der Waals surface area contributed by atoms with Crippen molar-refractivity contribution in [3.63, 3.8) is 0 Å². The molecule has 0 aliphatic rings. The molecule has 0 saturated heterocycles. The molecule has 0 saturated carbocycles. The molecule has 2 aromatic rings. The van der Waals surface area contributed by atoms with Crippen LogP contribution in [0.4, 0.5) is 5.13 Å². The Kier molecular flexibility index (Phi) is 5.14. The van der Waals surface area contributed by atoms with Crippen molar-refractivity contribution in [2.45, 2.75) is 33.4 Å². The van der Waals surface area contributed by atoms with Crippen molar-refractivity contribution >= 4 is 16.5 Å². The van der Waals surface area contributed by atoms with Crippen LogP contribution in [0, 0.1) is 0 Å². The van der Waals surface area contributed by atoms with Crippen LogP contribution < -0.4 is 10.2 Å². The minimum Gasteiger partial charge on any atom is -0.347 e. The van der Waals surface area contributed by atoms with Gasteiger partial charge in [0.1, 0.15) is 0 Å². The Balaban J connectivity index is 2.09. The van der Waals surface area contributed by atoms with Gasteiger partial charge in [0, 0.05) is 43.8 Å². The van der Waals surface area contributed by atoms with Crippen molar-refractivity contribution < 1.29 is 0 Å². The fourth-order valence-electron chi connectivity index (χ4n) is 2.08. The van der Waals surface area contributed by atoms with E-state index in [0.29, 0.717) is 0 Å². The minimum absolute atomic E-state index is 0.838. The summed E-state index contributed by atoms with van der Waals surface area (Å²) in [7, 11) is 4.03. The number of aryl methyl sites for hydroxylation is 2. The van der Waals surface area contributed by atoms with Crippen LogP contribution in [-0.4, -0.2) is 28.4 Å². The Morgan fingerprint density at radius 2 is 2.20 bits per heavy atom. The lowest BCUT2D eigenvalue weighted by Gasteiger charge is -2.14. The molecule has 2 heterocycles. The first kappa shape index (κ1) is 15.0. The Bertz CT molecular complexity index is 546. The van der Waals surface area contributed by atoms with Crippen molar-refractivity contribution in [3.05, 3.63) is 28.5 Å². The van der Waals surface area contributed by atoms with Gasteiger partial charge in [0.05, 0.1) is 11.9 Å². The molecule has 0 aliphatic heterocycles. The van der Waals surface area contributed by atoms with E-state index in [4.69, 9.17) is 4.98 Å². The average molecular weight is 293 g/mol. The Hall–Kier alpha value is -1.40. The van der Waals surface area contributed by atoms with Crippen molar-refractivity contribution in [2.75, 3.05) is 18.5 Å². The van der Waals surface area contributed by atoms with Crippen LogP contribution >= 0.6 is 11.3 Å². The smallest absolute Gasteiger partial charge is 0.185 e. The van der Waals surface area contributed by atoms with Crippen LogP contribution in [0.2, 0.25) is 0 Å². The summed E-state index contributed by atoms with van der Waals surface area (Å²) in [6.45, 7) is 7.03. The van der Waals surface area contributed by atoms with Gasteiger partial charge in [-0.3, -0.25) is 4.68 Å². The van der Waals surface area contributed by atoms with Crippen LogP contribution in [-0.2, 0) is 26.6 Å². The summed E-state index contributed by atoms with van der Waals surface area (Å²) < 4.78 is 1.83. The van der Waals surface area contributed by atoms with Crippen LogP contribution in [0.15, 0.2) is 12.4 Å². The third kappa shape index (κ3) is 3.58. The number of anilines is 1. The van der Waals surface area contributed by atoms with E-state index >= 15 is 0 Å². The maximum Gasteiger partial charge on any atom is 0.185 e. The van der Waals surface area contributed by atoms with Crippen LogP contribution in [0.5, 0.6) is 0 Å². The molecule has 110 valence electrons. The Morgan fingerprint density at radius 3 is 2.80 bits per heavy atom. The first-order valence-corrected chi connectivity index (χ1v) is 7.83. The fraction of sp³-hybridized carbons (Fsp3) is 0.571. The predicted molar refractivity (Wildman–Crippen MR) is 84.2 cm³/mol. The number of rotatable bonds is 7. The number of nitrogens with one attached hydrogen (secondary N) is 1. The predicted octanol–water partition coefficient (Wildman–Crippen LogP) is 2.18. The second kappa shape index (κ2) is 6.85. The Labute approximate surface area is 124 Å². The topological polar surface area (TPSA) is 46.0 Å². The third-order valence-corrected chi connectivity index (χ3v) is 4.35. The van der Waals surface area contributed by atoms with E-state index < -0.39 is 0 Å². The van der Waals surface area contributed by atoms with E-state index in [1.165, 1.54) is 16.1 Å². The van der Waals surface area contributed by atoms with Gasteiger partial charge in [0.25, 0.3) is 0 Å². The van der Waals surface area contributed by atoms with Gasteiger partial charge in [0.15, 0.2) is 5.13 Å². The molecule has 0 amide bonds. The summed E-state index contributed by atoms with van der Waals surface area (Å²) in [5.74, 6) is 0. The van der Waals surface area contributed by atoms with Crippen molar-refractivity contribution in [1.29, 1.82) is 0 Å². The van der Waals surface area contributed by atoms with E-state index in [1.807, 2.05) is 24.1 Å². The molecule has 0 aliphatic carbocycles. The quantitative estimate of drug-likeness (QED) is 0.850. The van der Waals surface area contributed by atoms with E-state index in [9.17, 15) is 0 Å². The highest BCUT2D eigenvalue weighted by molar-refractivity contribution is 7.15. The monoisotopic (exact) mass is 293 g/mol. The maximum atomic E-state index is 4.76. The van der Waals surface area contributed by atoms with Gasteiger partial charge in [-0.15, -0.1) is 11.3 Å². The number of aromatic nitrogens is 3. The number of nitrogens with zero attached hydrogens (tertiary/aromatic N) is 4. The highest BCUT2D eigenvalue weighted by atomic mass is 32.1. The molecule has 1 N–H and O–H groups in total. The van der Waals surface area contributed by atoms with E-state index in [-0.39, 0.29) is 0 Å². The van der Waals surface area contributed by atoms with Crippen molar-refractivity contribution in [1.82, 2.24) is 20.1 Å². The SMILES string of the molecule is CCNCc1sc(N(C)Cc2cnn(C)c2)nc1CC. The molecule has 6 heteroatoms. The van der Waals surface area contributed by atoms with Crippen molar-refractivity contribution in [3.8, 4) is 0 Å². The third-order valence-electron chi connectivity index (χ3n) is 3.14. The zero-order valence-electron chi connectivity index (χ0n) is 12.7. The summed E-state index contributed by atoms with van der Waals surface area (Å²) in [6.07, 6.45) is 4.94. The molecule has 0 unspecified atom stereocenters. The maximum absolute atomic E-state index is 4.76. The van der Waals surface area contributed by atoms with Gasteiger partial charge in [0.2, 0.25) is 0 Å². The highest BCUT2D eigenvalue weighted by Crippen LogP contribution is 2.27. The summed E-state index contributed by atoms with van der Waals surface area (Å²) in [4.78, 5) is 8.30. The van der Waals surface area contributed by atoms with E-state index in [0.717, 1.165) is 31.2 Å². The molecule has 0 bridgehead atoms. The van der Waals surface area contributed by atoms with Gasteiger partial charge >= 0.3 is 0 Å². The molecule has 0 spiro atoms. The normalized spacial score (nSPS) is 11.0. The van der Waals surface area contributed by atoms with Crippen LogP contribution in [0.25, 0.3) is 0 Å². The van der Waals surface area contributed by atoms with Gasteiger partial charge in [-0.25, -0.2) is 4.98 Å². The molecule has 20 heavy (non-hydrogen) atoms. The Morgan fingerprint density at radius 1 is 1.40 bits per heavy atom. The van der Waals surface area contributed by atoms with Gasteiger partial charge in [-0.1, -0.05) is 13.8 Å². The second-order valence-electron chi connectivity index (χ2n) is 4.88. The first-order valence-electron chi connectivity index (χ1n) is 7.02. The summed E-state index contributed by atoms with van der Waals surface area (Å²) >= 11 is 1.78. The average Bonchev–Trinajstić information content (AvgIpc) is 3.02. The summed E-state index contributed by atoms with van der Waals surface area (Å²) in [5.41, 5.74) is 2.42. The van der Waals surface area contributed by atoms with Gasteiger partial charge in [-0.05, 0) is 13.0 Å². The molecule has 0 fully saturated rings. The molecule has 0 atom stereocenters. The fourth-order valence-corrected chi connectivity index (χ4v) is 3.16. The lowest BCUT2D eigenvalue weighted by molar-refractivity contribution is 0.727. The molecule has 0 aromatic carbocycles. The van der Waals surface area contributed by atoms with Gasteiger partial charge in [-0.2, -0.15) is 5.10 Å². The van der Waals surface area contributed by atoms with E-state index in [2.05, 4.69) is 36.2 Å². The summed E-state index contributed by atoms with van der Waals surface area (Å²) in [5, 5.41) is 8.67. The first-order chi connectivity index (χ1) is 9.63. The largest absolute Gasteiger partial charge is 0.347 e. The number of thiazole rings is 1. The lowest BCUT2D eigenvalue weighted by Crippen LogP contribution is -2.15. The van der Waals surface area contributed by atoms with Crippen LogP contribution in [0.1, 0.15) is 30.0 Å². The molecule has 5 nitrogen and oxygen atoms in total. The molecule has 2 rings (SSSR count). The van der Waals surface area contributed by atoms with Crippen molar-refractivity contribution in [2.24, 2.45) is 7.05 Å².